The fourth-order valence-corrected chi connectivity index (χ4v) is 2.42. The van der Waals surface area contributed by atoms with E-state index in [1.54, 1.807) is 19.1 Å². The van der Waals surface area contributed by atoms with E-state index < -0.39 is 6.04 Å². The van der Waals surface area contributed by atoms with E-state index in [9.17, 15) is 9.59 Å². The molecule has 0 aliphatic carbocycles. The molecular formula is C14H17BrN2O2. The quantitative estimate of drug-likeness (QED) is 0.926. The molecule has 1 fully saturated rings. The first kappa shape index (κ1) is 14.1. The summed E-state index contributed by atoms with van der Waals surface area (Å²) in [6.45, 7) is 3.34. The lowest BCUT2D eigenvalue weighted by Crippen LogP contribution is -2.45. The molecule has 1 aromatic carbocycles. The van der Waals surface area contributed by atoms with Crippen molar-refractivity contribution in [2.24, 2.45) is 0 Å². The second-order valence-electron chi connectivity index (χ2n) is 4.73. The van der Waals surface area contributed by atoms with Crippen LogP contribution in [0.3, 0.4) is 0 Å². The Hall–Kier alpha value is -1.36. The van der Waals surface area contributed by atoms with Crippen molar-refractivity contribution in [2.75, 3.05) is 13.1 Å². The molecule has 1 aliphatic rings. The van der Waals surface area contributed by atoms with Gasteiger partial charge in [0, 0.05) is 23.1 Å². The Bertz CT molecular complexity index is 467. The van der Waals surface area contributed by atoms with E-state index in [1.807, 2.05) is 17.0 Å². The van der Waals surface area contributed by atoms with Gasteiger partial charge >= 0.3 is 0 Å². The molecule has 19 heavy (non-hydrogen) atoms. The van der Waals surface area contributed by atoms with Gasteiger partial charge in [-0.05, 0) is 44.0 Å². The molecule has 1 atom stereocenters. The lowest BCUT2D eigenvalue weighted by molar-refractivity contribution is -0.131. The highest BCUT2D eigenvalue weighted by atomic mass is 79.9. The number of hydrogen-bond acceptors (Lipinski definition) is 2. The van der Waals surface area contributed by atoms with Gasteiger partial charge in [-0.1, -0.05) is 15.9 Å². The van der Waals surface area contributed by atoms with E-state index in [0.29, 0.717) is 5.56 Å². The van der Waals surface area contributed by atoms with Crippen LogP contribution in [0.2, 0.25) is 0 Å². The molecule has 0 spiro atoms. The molecule has 1 aliphatic heterocycles. The van der Waals surface area contributed by atoms with Gasteiger partial charge in [-0.15, -0.1) is 0 Å². The number of nitrogens with one attached hydrogen (secondary N) is 1. The van der Waals surface area contributed by atoms with Gasteiger partial charge in [-0.2, -0.15) is 0 Å². The lowest BCUT2D eigenvalue weighted by Gasteiger charge is -2.21. The second kappa shape index (κ2) is 6.19. The summed E-state index contributed by atoms with van der Waals surface area (Å²) in [5.41, 5.74) is 0.560. The van der Waals surface area contributed by atoms with Crippen molar-refractivity contribution in [3.05, 3.63) is 34.3 Å². The Balaban J connectivity index is 1.94. The molecule has 5 heteroatoms. The summed E-state index contributed by atoms with van der Waals surface area (Å²) in [6.07, 6.45) is 2.11. The lowest BCUT2D eigenvalue weighted by atomic mass is 10.2. The average molecular weight is 325 g/mol. The van der Waals surface area contributed by atoms with E-state index in [-0.39, 0.29) is 11.8 Å². The summed E-state index contributed by atoms with van der Waals surface area (Å²) >= 11 is 3.32. The fraction of sp³-hybridized carbons (Fsp3) is 0.429. The highest BCUT2D eigenvalue weighted by molar-refractivity contribution is 9.10. The first-order chi connectivity index (χ1) is 9.08. The van der Waals surface area contributed by atoms with Crippen molar-refractivity contribution < 1.29 is 9.59 Å². The first-order valence-electron chi connectivity index (χ1n) is 6.43. The van der Waals surface area contributed by atoms with E-state index in [4.69, 9.17) is 0 Å². The number of rotatable bonds is 3. The predicted octanol–water partition coefficient (Wildman–Crippen LogP) is 2.19. The van der Waals surface area contributed by atoms with Gasteiger partial charge in [0.15, 0.2) is 0 Å². The van der Waals surface area contributed by atoms with E-state index >= 15 is 0 Å². The summed E-state index contributed by atoms with van der Waals surface area (Å²) in [4.78, 5) is 25.9. The Morgan fingerprint density at radius 2 is 1.79 bits per heavy atom. The molecule has 0 bridgehead atoms. The van der Waals surface area contributed by atoms with Gasteiger partial charge in [0.05, 0.1) is 0 Å². The molecule has 1 aromatic rings. The summed E-state index contributed by atoms with van der Waals surface area (Å²) < 4.78 is 0.922. The molecule has 4 nitrogen and oxygen atoms in total. The summed E-state index contributed by atoms with van der Waals surface area (Å²) in [7, 11) is 0. The zero-order chi connectivity index (χ0) is 13.8. The number of benzene rings is 1. The molecular weight excluding hydrogens is 308 g/mol. The smallest absolute Gasteiger partial charge is 0.251 e. The van der Waals surface area contributed by atoms with Crippen molar-refractivity contribution in [3.63, 3.8) is 0 Å². The molecule has 0 saturated carbocycles. The topological polar surface area (TPSA) is 49.4 Å². The third kappa shape index (κ3) is 3.56. The SMILES string of the molecule is CC(NC(=O)c1ccc(Br)cc1)C(=O)N1CCCC1. The van der Waals surface area contributed by atoms with E-state index in [2.05, 4.69) is 21.2 Å². The molecule has 1 N–H and O–H groups in total. The Morgan fingerprint density at radius 1 is 1.21 bits per heavy atom. The normalized spacial score (nSPS) is 16.2. The number of hydrogen-bond donors (Lipinski definition) is 1. The first-order valence-corrected chi connectivity index (χ1v) is 7.22. The van der Waals surface area contributed by atoms with Crippen LogP contribution in [0.5, 0.6) is 0 Å². The van der Waals surface area contributed by atoms with Gasteiger partial charge < -0.3 is 10.2 Å². The van der Waals surface area contributed by atoms with Crippen molar-refractivity contribution >= 4 is 27.7 Å². The number of carbonyl (C=O) groups excluding carboxylic acids is 2. The predicted molar refractivity (Wildman–Crippen MR) is 76.9 cm³/mol. The van der Waals surface area contributed by atoms with Crippen molar-refractivity contribution in [1.29, 1.82) is 0 Å². The molecule has 1 unspecified atom stereocenters. The monoisotopic (exact) mass is 324 g/mol. The number of nitrogens with zero attached hydrogens (tertiary/aromatic N) is 1. The van der Waals surface area contributed by atoms with Gasteiger partial charge in [0.25, 0.3) is 5.91 Å². The summed E-state index contributed by atoms with van der Waals surface area (Å²) in [5, 5.41) is 2.75. The largest absolute Gasteiger partial charge is 0.341 e. The van der Waals surface area contributed by atoms with Gasteiger partial charge in [-0.25, -0.2) is 0 Å². The maximum absolute atomic E-state index is 12.1. The van der Waals surface area contributed by atoms with Crippen LogP contribution in [-0.4, -0.2) is 35.8 Å². The minimum atomic E-state index is -0.478. The van der Waals surface area contributed by atoms with Crippen LogP contribution in [0, 0.1) is 0 Å². The van der Waals surface area contributed by atoms with Crippen LogP contribution >= 0.6 is 15.9 Å². The highest BCUT2D eigenvalue weighted by Gasteiger charge is 2.24. The standard InChI is InChI=1S/C14H17BrN2O2/c1-10(14(19)17-8-2-3-9-17)16-13(18)11-4-6-12(15)7-5-11/h4-7,10H,2-3,8-9H2,1H3,(H,16,18). The van der Waals surface area contributed by atoms with Crippen molar-refractivity contribution in [3.8, 4) is 0 Å². The summed E-state index contributed by atoms with van der Waals surface area (Å²) in [6, 6.07) is 6.59. The van der Waals surface area contributed by atoms with Crippen LogP contribution in [-0.2, 0) is 4.79 Å². The van der Waals surface area contributed by atoms with Crippen LogP contribution in [0.25, 0.3) is 0 Å². The van der Waals surface area contributed by atoms with Gasteiger partial charge in [0.1, 0.15) is 6.04 Å². The molecule has 2 rings (SSSR count). The van der Waals surface area contributed by atoms with Crippen molar-refractivity contribution in [2.45, 2.75) is 25.8 Å². The zero-order valence-corrected chi connectivity index (χ0v) is 12.4. The van der Waals surface area contributed by atoms with E-state index in [1.165, 1.54) is 0 Å². The third-order valence-electron chi connectivity index (χ3n) is 3.24. The minimum absolute atomic E-state index is 0.00274. The molecule has 1 heterocycles. The molecule has 0 radical (unpaired) electrons. The molecule has 102 valence electrons. The van der Waals surface area contributed by atoms with E-state index in [0.717, 1.165) is 30.4 Å². The van der Waals surface area contributed by atoms with Gasteiger partial charge in [-0.3, -0.25) is 9.59 Å². The molecule has 2 amide bonds. The number of amides is 2. The number of halogens is 1. The maximum Gasteiger partial charge on any atom is 0.251 e. The summed E-state index contributed by atoms with van der Waals surface area (Å²) in [5.74, 6) is -0.212. The second-order valence-corrected chi connectivity index (χ2v) is 5.65. The average Bonchev–Trinajstić information content (AvgIpc) is 2.92. The van der Waals surface area contributed by atoms with Gasteiger partial charge in [0.2, 0.25) is 5.91 Å². The third-order valence-corrected chi connectivity index (χ3v) is 3.77. The number of likely N-dealkylation sites (tertiary alicyclic amines) is 1. The maximum atomic E-state index is 12.1. The van der Waals surface area contributed by atoms with Crippen LogP contribution in [0.4, 0.5) is 0 Å². The Morgan fingerprint density at radius 3 is 2.37 bits per heavy atom. The van der Waals surface area contributed by atoms with Crippen LogP contribution < -0.4 is 5.32 Å². The zero-order valence-electron chi connectivity index (χ0n) is 10.9. The Kier molecular flexibility index (Phi) is 4.58. The fourth-order valence-electron chi connectivity index (χ4n) is 2.15. The van der Waals surface area contributed by atoms with Crippen LogP contribution in [0.1, 0.15) is 30.1 Å². The molecule has 1 saturated heterocycles. The minimum Gasteiger partial charge on any atom is -0.341 e. The highest BCUT2D eigenvalue weighted by Crippen LogP contribution is 2.12. The molecule has 0 aromatic heterocycles. The number of carbonyl (C=O) groups is 2. The van der Waals surface area contributed by atoms with Crippen LogP contribution in [0.15, 0.2) is 28.7 Å². The van der Waals surface area contributed by atoms with Crippen molar-refractivity contribution in [1.82, 2.24) is 10.2 Å². The Labute approximate surface area is 121 Å².